The van der Waals surface area contributed by atoms with Crippen molar-refractivity contribution in [1.82, 2.24) is 5.32 Å². The maximum Gasteiger partial charge on any atom is 0.0139 e. The van der Waals surface area contributed by atoms with Crippen molar-refractivity contribution in [3.05, 3.63) is 35.4 Å². The molecule has 1 aromatic rings. The van der Waals surface area contributed by atoms with Crippen LogP contribution in [0.1, 0.15) is 50.7 Å². The lowest BCUT2D eigenvalue weighted by molar-refractivity contribution is 0.448. The highest BCUT2D eigenvalue weighted by atomic mass is 15.0. The quantitative estimate of drug-likeness (QED) is 0.777. The zero-order chi connectivity index (χ0) is 12.0. The van der Waals surface area contributed by atoms with Gasteiger partial charge in [-0.1, -0.05) is 45.0 Å². The van der Waals surface area contributed by atoms with Gasteiger partial charge in [0.25, 0.3) is 0 Å². The highest BCUT2D eigenvalue weighted by Gasteiger charge is 2.39. The van der Waals surface area contributed by atoms with Crippen molar-refractivity contribution in [2.24, 2.45) is 5.92 Å². The van der Waals surface area contributed by atoms with Crippen LogP contribution in [0.5, 0.6) is 0 Å². The molecule has 92 valence electrons. The van der Waals surface area contributed by atoms with Crippen molar-refractivity contribution in [1.29, 1.82) is 0 Å². The molecule has 1 saturated heterocycles. The topological polar surface area (TPSA) is 12.0 Å². The summed E-state index contributed by atoms with van der Waals surface area (Å²) in [7, 11) is 0. The molecular weight excluding hydrogens is 206 g/mol. The highest BCUT2D eigenvalue weighted by molar-refractivity contribution is 5.31. The van der Waals surface area contributed by atoms with Crippen molar-refractivity contribution < 1.29 is 0 Å². The predicted molar refractivity (Wildman–Crippen MR) is 72.4 cm³/mol. The Labute approximate surface area is 105 Å². The molecule has 1 aromatic carbocycles. The second-order valence-corrected chi connectivity index (χ2v) is 6.83. The Kier molecular flexibility index (Phi) is 2.55. The summed E-state index contributed by atoms with van der Waals surface area (Å²) in [5, 5.41) is 3.65. The first kappa shape index (κ1) is 11.3. The van der Waals surface area contributed by atoms with Gasteiger partial charge in [0, 0.05) is 6.04 Å². The van der Waals surface area contributed by atoms with Crippen LogP contribution < -0.4 is 5.32 Å². The highest BCUT2D eigenvalue weighted by Crippen LogP contribution is 2.42. The molecule has 1 aliphatic heterocycles. The van der Waals surface area contributed by atoms with Gasteiger partial charge < -0.3 is 5.32 Å². The van der Waals surface area contributed by atoms with Crippen LogP contribution in [0, 0.1) is 5.92 Å². The molecule has 1 aliphatic carbocycles. The summed E-state index contributed by atoms with van der Waals surface area (Å²) < 4.78 is 0. The number of nitrogens with one attached hydrogen (secondary N) is 1. The average molecular weight is 229 g/mol. The second-order valence-electron chi connectivity index (χ2n) is 6.83. The number of rotatable bonds is 1. The van der Waals surface area contributed by atoms with E-state index in [-0.39, 0.29) is 5.41 Å². The minimum atomic E-state index is 0.269. The molecule has 2 fully saturated rings. The Morgan fingerprint density at radius 1 is 1.06 bits per heavy atom. The Hall–Kier alpha value is -0.820. The summed E-state index contributed by atoms with van der Waals surface area (Å²) in [6, 6.07) is 10.1. The van der Waals surface area contributed by atoms with E-state index < -0.39 is 0 Å². The van der Waals surface area contributed by atoms with Crippen LogP contribution in [-0.2, 0) is 5.41 Å². The fourth-order valence-electron chi connectivity index (χ4n) is 3.45. The maximum absolute atomic E-state index is 3.65. The van der Waals surface area contributed by atoms with Crippen molar-refractivity contribution in [3.8, 4) is 0 Å². The Morgan fingerprint density at radius 2 is 1.76 bits per heavy atom. The number of fused-ring (bicyclic) bond motifs is 2. The van der Waals surface area contributed by atoms with Gasteiger partial charge in [-0.2, -0.15) is 0 Å². The summed E-state index contributed by atoms with van der Waals surface area (Å²) in [5.41, 5.74) is 3.25. The molecule has 2 aliphatic rings. The Morgan fingerprint density at radius 3 is 2.24 bits per heavy atom. The van der Waals surface area contributed by atoms with E-state index in [2.05, 4.69) is 50.4 Å². The van der Waals surface area contributed by atoms with E-state index >= 15 is 0 Å². The van der Waals surface area contributed by atoms with Gasteiger partial charge in [-0.25, -0.2) is 0 Å². The van der Waals surface area contributed by atoms with Gasteiger partial charge in [0.05, 0.1) is 0 Å². The summed E-state index contributed by atoms with van der Waals surface area (Å²) >= 11 is 0. The molecule has 0 spiro atoms. The molecule has 3 rings (SSSR count). The number of piperidine rings is 1. The smallest absolute Gasteiger partial charge is 0.0139 e. The summed E-state index contributed by atoms with van der Waals surface area (Å²) in [6.45, 7) is 8.09. The van der Waals surface area contributed by atoms with Crippen molar-refractivity contribution in [2.45, 2.75) is 51.0 Å². The molecule has 17 heavy (non-hydrogen) atoms. The fourth-order valence-corrected chi connectivity index (χ4v) is 3.45. The van der Waals surface area contributed by atoms with E-state index in [1.807, 2.05) is 0 Å². The van der Waals surface area contributed by atoms with Gasteiger partial charge in [0.2, 0.25) is 0 Å². The lowest BCUT2D eigenvalue weighted by Gasteiger charge is -2.25. The van der Waals surface area contributed by atoms with Crippen molar-refractivity contribution >= 4 is 0 Å². The van der Waals surface area contributed by atoms with Gasteiger partial charge in [-0.15, -0.1) is 0 Å². The second kappa shape index (κ2) is 3.84. The van der Waals surface area contributed by atoms with Gasteiger partial charge in [0.1, 0.15) is 0 Å². The van der Waals surface area contributed by atoms with E-state index in [1.54, 1.807) is 0 Å². The Balaban J connectivity index is 1.81. The third-order valence-corrected chi connectivity index (χ3v) is 4.53. The maximum atomic E-state index is 3.65. The monoisotopic (exact) mass is 229 g/mol. The van der Waals surface area contributed by atoms with Crippen LogP contribution in [-0.4, -0.2) is 12.6 Å². The largest absolute Gasteiger partial charge is 0.313 e. The van der Waals surface area contributed by atoms with E-state index in [9.17, 15) is 0 Å². The molecule has 3 unspecified atom stereocenters. The zero-order valence-electron chi connectivity index (χ0n) is 11.2. The molecule has 1 nitrogen and oxygen atoms in total. The molecule has 0 amide bonds. The molecule has 0 aromatic heterocycles. The van der Waals surface area contributed by atoms with E-state index in [4.69, 9.17) is 0 Å². The molecule has 1 heterocycles. The van der Waals surface area contributed by atoms with Crippen LogP contribution >= 0.6 is 0 Å². The third-order valence-electron chi connectivity index (χ3n) is 4.53. The lowest BCUT2D eigenvalue weighted by Crippen LogP contribution is -2.31. The molecule has 1 heteroatoms. The van der Waals surface area contributed by atoms with Gasteiger partial charge in [0.15, 0.2) is 0 Å². The SMILES string of the molecule is CC(C)(C)c1ccc(C2CC3CNC2C3)cc1. The van der Waals surface area contributed by atoms with Crippen molar-refractivity contribution in [2.75, 3.05) is 6.54 Å². The summed E-state index contributed by atoms with van der Waals surface area (Å²) in [4.78, 5) is 0. The molecule has 0 radical (unpaired) electrons. The van der Waals surface area contributed by atoms with Gasteiger partial charge in [-0.3, -0.25) is 0 Å². The van der Waals surface area contributed by atoms with Gasteiger partial charge >= 0.3 is 0 Å². The van der Waals surface area contributed by atoms with Crippen LogP contribution in [0.15, 0.2) is 24.3 Å². The van der Waals surface area contributed by atoms with E-state index in [1.165, 1.54) is 30.5 Å². The van der Waals surface area contributed by atoms with Crippen molar-refractivity contribution in [3.63, 3.8) is 0 Å². The normalized spacial score (nSPS) is 32.1. The first-order chi connectivity index (χ1) is 8.04. The first-order valence-corrected chi connectivity index (χ1v) is 6.88. The standard InChI is InChI=1S/C16H23N/c1-16(2,3)13-6-4-12(5-7-13)14-8-11-9-15(14)17-10-11/h4-7,11,14-15,17H,8-10H2,1-3H3. The molecule has 1 saturated carbocycles. The van der Waals surface area contributed by atoms with Crippen LogP contribution in [0.3, 0.4) is 0 Å². The Bertz CT molecular complexity index is 399. The zero-order valence-corrected chi connectivity index (χ0v) is 11.2. The lowest BCUT2D eigenvalue weighted by atomic mass is 9.84. The summed E-state index contributed by atoms with van der Waals surface area (Å²) in [6.07, 6.45) is 2.79. The van der Waals surface area contributed by atoms with Crippen LogP contribution in [0.2, 0.25) is 0 Å². The number of benzene rings is 1. The minimum Gasteiger partial charge on any atom is -0.313 e. The molecule has 3 atom stereocenters. The van der Waals surface area contributed by atoms with Crippen LogP contribution in [0.25, 0.3) is 0 Å². The van der Waals surface area contributed by atoms with Crippen LogP contribution in [0.4, 0.5) is 0 Å². The average Bonchev–Trinajstić information content (AvgIpc) is 2.89. The summed E-state index contributed by atoms with van der Waals surface area (Å²) in [5.74, 6) is 1.70. The molecule has 1 N–H and O–H groups in total. The minimum absolute atomic E-state index is 0.269. The number of hydrogen-bond acceptors (Lipinski definition) is 1. The fraction of sp³-hybridized carbons (Fsp3) is 0.625. The van der Waals surface area contributed by atoms with E-state index in [0.29, 0.717) is 0 Å². The first-order valence-electron chi connectivity index (χ1n) is 6.88. The molecular formula is C16H23N. The van der Waals surface area contributed by atoms with E-state index in [0.717, 1.165) is 17.9 Å². The third kappa shape index (κ3) is 2.01. The molecule has 2 bridgehead atoms. The number of hydrogen-bond donors (Lipinski definition) is 1. The van der Waals surface area contributed by atoms with Gasteiger partial charge in [-0.05, 0) is 47.8 Å². The predicted octanol–water partition coefficient (Wildman–Crippen LogP) is 3.45.